The Morgan fingerprint density at radius 3 is 2.54 bits per heavy atom. The van der Waals surface area contributed by atoms with Gasteiger partial charge in [-0.3, -0.25) is 9.78 Å². The molecule has 1 fully saturated rings. The molecule has 3 rings (SSSR count). The van der Waals surface area contributed by atoms with Crippen LogP contribution in [0.25, 0.3) is 0 Å². The highest BCUT2D eigenvalue weighted by Crippen LogP contribution is 2.24. The summed E-state index contributed by atoms with van der Waals surface area (Å²) in [6, 6.07) is 3.69. The molecular formula is C18H22N4O4. The van der Waals surface area contributed by atoms with Crippen LogP contribution < -0.4 is 4.90 Å². The van der Waals surface area contributed by atoms with E-state index in [1.54, 1.807) is 12.3 Å². The van der Waals surface area contributed by atoms with Crippen LogP contribution >= 0.6 is 0 Å². The Labute approximate surface area is 151 Å². The Bertz CT molecular complexity index is 761. The maximum Gasteiger partial charge on any atom is 0.337 e. The Kier molecular flexibility index (Phi) is 6.60. The van der Waals surface area contributed by atoms with Crippen molar-refractivity contribution in [2.45, 2.75) is 26.7 Å². The highest BCUT2D eigenvalue weighted by Gasteiger charge is 2.25. The zero-order valence-corrected chi connectivity index (χ0v) is 14.8. The molecular weight excluding hydrogens is 336 g/mol. The molecule has 1 aliphatic rings. The molecule has 0 aliphatic carbocycles. The van der Waals surface area contributed by atoms with Crippen LogP contribution in [0, 0.1) is 19.8 Å². The van der Waals surface area contributed by atoms with Gasteiger partial charge in [0.2, 0.25) is 5.95 Å². The predicted octanol–water partition coefficient (Wildman–Crippen LogP) is 1.96. The van der Waals surface area contributed by atoms with Crippen LogP contribution in [0.2, 0.25) is 0 Å². The van der Waals surface area contributed by atoms with Crippen molar-refractivity contribution in [3.63, 3.8) is 0 Å². The normalized spacial score (nSPS) is 15.9. The minimum absolute atomic E-state index is 0.245. The van der Waals surface area contributed by atoms with E-state index in [1.165, 1.54) is 6.20 Å². The maximum atomic E-state index is 11.0. The molecule has 138 valence electrons. The van der Waals surface area contributed by atoms with Gasteiger partial charge < -0.3 is 15.1 Å². The molecule has 0 radical (unpaired) electrons. The number of aryl methyl sites for hydroxylation is 2. The first kappa shape index (κ1) is 19.3. The lowest BCUT2D eigenvalue weighted by molar-refractivity contribution is -0.122. The monoisotopic (exact) mass is 358 g/mol. The lowest BCUT2D eigenvalue weighted by Crippen LogP contribution is -2.23. The van der Waals surface area contributed by atoms with Gasteiger partial charge in [0.15, 0.2) is 0 Å². The Morgan fingerprint density at radius 1 is 1.27 bits per heavy atom. The molecule has 3 heterocycles. The fourth-order valence-corrected chi connectivity index (χ4v) is 3.08. The van der Waals surface area contributed by atoms with Gasteiger partial charge in [0.25, 0.3) is 6.47 Å². The summed E-state index contributed by atoms with van der Waals surface area (Å²) < 4.78 is 0. The van der Waals surface area contributed by atoms with E-state index >= 15 is 0 Å². The molecule has 26 heavy (non-hydrogen) atoms. The van der Waals surface area contributed by atoms with Crippen molar-refractivity contribution in [3.05, 3.63) is 47.0 Å². The zero-order chi connectivity index (χ0) is 19.1. The third kappa shape index (κ3) is 5.23. The van der Waals surface area contributed by atoms with Crippen molar-refractivity contribution < 1.29 is 19.8 Å². The Balaban J connectivity index is 0.000000758. The van der Waals surface area contributed by atoms with Gasteiger partial charge in [0.05, 0.1) is 5.56 Å². The van der Waals surface area contributed by atoms with Crippen LogP contribution in [0.1, 0.15) is 33.7 Å². The van der Waals surface area contributed by atoms with Gasteiger partial charge >= 0.3 is 5.97 Å². The average molecular weight is 358 g/mol. The summed E-state index contributed by atoms with van der Waals surface area (Å²) in [4.78, 5) is 34.7. The third-order valence-electron chi connectivity index (χ3n) is 4.11. The van der Waals surface area contributed by atoms with Crippen LogP contribution in [0.3, 0.4) is 0 Å². The van der Waals surface area contributed by atoms with E-state index in [9.17, 15) is 4.79 Å². The molecule has 2 aromatic heterocycles. The van der Waals surface area contributed by atoms with E-state index in [0.717, 1.165) is 48.8 Å². The highest BCUT2D eigenvalue weighted by molar-refractivity contribution is 5.87. The number of hydrogen-bond acceptors (Lipinski definition) is 6. The SMILES string of the molecule is Cc1cc(C)nc(N2CCC(Cc3cncc(C(=O)O)c3)C2)n1.O=CO. The number of carboxylic acids is 1. The van der Waals surface area contributed by atoms with E-state index in [1.807, 2.05) is 19.9 Å². The van der Waals surface area contributed by atoms with Gasteiger partial charge in [-0.15, -0.1) is 0 Å². The van der Waals surface area contributed by atoms with Crippen molar-refractivity contribution in [3.8, 4) is 0 Å². The van der Waals surface area contributed by atoms with Crippen molar-refractivity contribution >= 4 is 18.4 Å². The van der Waals surface area contributed by atoms with E-state index in [4.69, 9.17) is 15.0 Å². The molecule has 0 bridgehead atoms. The van der Waals surface area contributed by atoms with Gasteiger partial charge in [0.1, 0.15) is 0 Å². The molecule has 0 amide bonds. The summed E-state index contributed by atoms with van der Waals surface area (Å²) in [6.07, 6.45) is 5.02. The van der Waals surface area contributed by atoms with E-state index in [0.29, 0.717) is 5.92 Å². The average Bonchev–Trinajstić information content (AvgIpc) is 3.03. The predicted molar refractivity (Wildman–Crippen MR) is 95.4 cm³/mol. The minimum atomic E-state index is -0.934. The number of pyridine rings is 1. The molecule has 0 saturated carbocycles. The number of nitrogens with zero attached hydrogens (tertiary/aromatic N) is 4. The van der Waals surface area contributed by atoms with Crippen molar-refractivity contribution in [2.24, 2.45) is 5.92 Å². The van der Waals surface area contributed by atoms with Gasteiger partial charge in [-0.25, -0.2) is 14.8 Å². The molecule has 0 aromatic carbocycles. The molecule has 8 heteroatoms. The maximum absolute atomic E-state index is 11.0. The Hall–Kier alpha value is -3.03. The Morgan fingerprint density at radius 2 is 1.92 bits per heavy atom. The minimum Gasteiger partial charge on any atom is -0.483 e. The quantitative estimate of drug-likeness (QED) is 0.797. The first-order valence-electron chi connectivity index (χ1n) is 8.25. The van der Waals surface area contributed by atoms with Crippen LogP contribution in [0.5, 0.6) is 0 Å². The van der Waals surface area contributed by atoms with Gasteiger partial charge in [-0.05, 0) is 50.3 Å². The molecule has 1 atom stereocenters. The summed E-state index contributed by atoms with van der Waals surface area (Å²) in [5.41, 5.74) is 3.18. The molecule has 2 aromatic rings. The molecule has 2 N–H and O–H groups in total. The number of anilines is 1. The van der Waals surface area contributed by atoms with Crippen LogP contribution in [0.4, 0.5) is 5.95 Å². The summed E-state index contributed by atoms with van der Waals surface area (Å²) in [5.74, 6) is 0.323. The first-order chi connectivity index (χ1) is 12.4. The topological polar surface area (TPSA) is 117 Å². The van der Waals surface area contributed by atoms with E-state index in [-0.39, 0.29) is 12.0 Å². The fourth-order valence-electron chi connectivity index (χ4n) is 3.08. The number of rotatable bonds is 4. The number of aromatic nitrogens is 3. The molecule has 1 saturated heterocycles. The lowest BCUT2D eigenvalue weighted by atomic mass is 9.99. The third-order valence-corrected chi connectivity index (χ3v) is 4.11. The summed E-state index contributed by atoms with van der Waals surface area (Å²) in [7, 11) is 0. The fraction of sp³-hybridized carbons (Fsp3) is 0.389. The molecule has 0 spiro atoms. The van der Waals surface area contributed by atoms with Crippen LogP contribution in [0.15, 0.2) is 24.5 Å². The van der Waals surface area contributed by atoms with Gasteiger partial charge in [-0.2, -0.15) is 0 Å². The summed E-state index contributed by atoms with van der Waals surface area (Å²) >= 11 is 0. The highest BCUT2D eigenvalue weighted by atomic mass is 16.4. The second-order valence-corrected chi connectivity index (χ2v) is 6.25. The standard InChI is InChI=1S/C17H20N4O2.CH2O2/c1-11-5-12(2)20-17(19-11)21-4-3-13(10-21)6-14-7-15(16(22)23)9-18-8-14;2-1-3/h5,7-9,13H,3-4,6,10H2,1-2H3,(H,22,23);1H,(H,2,3). The van der Waals surface area contributed by atoms with Gasteiger partial charge in [0, 0.05) is 36.9 Å². The van der Waals surface area contributed by atoms with Crippen molar-refractivity contribution in [1.82, 2.24) is 15.0 Å². The summed E-state index contributed by atoms with van der Waals surface area (Å²) in [5, 5.41) is 15.9. The van der Waals surface area contributed by atoms with Crippen molar-refractivity contribution in [2.75, 3.05) is 18.0 Å². The first-order valence-corrected chi connectivity index (χ1v) is 8.25. The number of hydrogen-bond donors (Lipinski definition) is 2. The van der Waals surface area contributed by atoms with E-state index in [2.05, 4.69) is 19.9 Å². The summed E-state index contributed by atoms with van der Waals surface area (Å²) in [6.45, 7) is 5.53. The second-order valence-electron chi connectivity index (χ2n) is 6.25. The van der Waals surface area contributed by atoms with Crippen molar-refractivity contribution in [1.29, 1.82) is 0 Å². The molecule has 1 unspecified atom stereocenters. The van der Waals surface area contributed by atoms with E-state index < -0.39 is 5.97 Å². The van der Waals surface area contributed by atoms with Crippen LogP contribution in [-0.2, 0) is 11.2 Å². The second kappa shape index (κ2) is 8.89. The van der Waals surface area contributed by atoms with Crippen LogP contribution in [-0.4, -0.2) is 50.7 Å². The number of aromatic carboxylic acids is 1. The number of carbonyl (C=O) groups is 2. The lowest BCUT2D eigenvalue weighted by Gasteiger charge is -2.17. The molecule has 8 nitrogen and oxygen atoms in total. The smallest absolute Gasteiger partial charge is 0.337 e. The zero-order valence-electron chi connectivity index (χ0n) is 14.8. The molecule has 1 aliphatic heterocycles. The number of carboxylic acid groups (broad SMARTS) is 2. The largest absolute Gasteiger partial charge is 0.483 e. The van der Waals surface area contributed by atoms with Gasteiger partial charge in [-0.1, -0.05) is 0 Å².